The van der Waals surface area contributed by atoms with Crippen LogP contribution in [0.3, 0.4) is 0 Å². The van der Waals surface area contributed by atoms with E-state index < -0.39 is 6.10 Å². The largest absolute Gasteiger partial charge is 0.386 e. The zero-order chi connectivity index (χ0) is 13.8. The second-order valence-corrected chi connectivity index (χ2v) is 6.02. The van der Waals surface area contributed by atoms with Crippen molar-refractivity contribution in [3.8, 4) is 0 Å². The minimum absolute atomic E-state index is 0. The van der Waals surface area contributed by atoms with Crippen LogP contribution in [0.15, 0.2) is 23.6 Å². The molecule has 0 radical (unpaired) electrons. The molecule has 112 valence electrons. The first-order valence-corrected chi connectivity index (χ1v) is 7.41. The van der Waals surface area contributed by atoms with Gasteiger partial charge in [-0.25, -0.2) is 0 Å². The Hall–Kier alpha value is -0.360. The molecule has 1 heterocycles. The lowest BCUT2D eigenvalue weighted by Gasteiger charge is -2.15. The number of aliphatic hydroxyl groups excluding tert-OH is 1. The molecule has 6 heteroatoms. The Balaban J connectivity index is 0.00000200. The van der Waals surface area contributed by atoms with Gasteiger partial charge in [0.1, 0.15) is 6.10 Å². The van der Waals surface area contributed by atoms with Gasteiger partial charge in [0.05, 0.1) is 18.2 Å². The maximum atomic E-state index is 10.1. The summed E-state index contributed by atoms with van der Waals surface area (Å²) in [4.78, 5) is 2.04. The summed E-state index contributed by atoms with van der Waals surface area (Å²) in [7, 11) is 3.97. The van der Waals surface area contributed by atoms with Crippen molar-refractivity contribution in [3.63, 3.8) is 0 Å². The van der Waals surface area contributed by atoms with Crippen LogP contribution in [0.25, 0.3) is 10.1 Å². The topological polar surface area (TPSA) is 32.7 Å². The van der Waals surface area contributed by atoms with Crippen molar-refractivity contribution in [2.75, 3.05) is 33.9 Å². The van der Waals surface area contributed by atoms with Crippen LogP contribution in [0.5, 0.6) is 0 Å². The van der Waals surface area contributed by atoms with Gasteiger partial charge < -0.3 is 14.7 Å². The zero-order valence-corrected chi connectivity index (χ0v) is 13.9. The predicted molar refractivity (Wildman–Crippen MR) is 88.4 cm³/mol. The van der Waals surface area contributed by atoms with E-state index in [1.165, 1.54) is 0 Å². The summed E-state index contributed by atoms with van der Waals surface area (Å²) in [6.07, 6.45) is -0.682. The number of nitrogens with zero attached hydrogens (tertiary/aromatic N) is 1. The molecule has 0 bridgehead atoms. The minimum Gasteiger partial charge on any atom is -0.386 e. The molecule has 0 aliphatic carbocycles. The van der Waals surface area contributed by atoms with Gasteiger partial charge >= 0.3 is 0 Å². The van der Waals surface area contributed by atoms with Gasteiger partial charge in [-0.1, -0.05) is 17.7 Å². The smallest absolute Gasteiger partial charge is 0.104 e. The molecule has 1 aromatic heterocycles. The second kappa shape index (κ2) is 8.17. The molecule has 1 unspecified atom stereocenters. The van der Waals surface area contributed by atoms with Crippen molar-refractivity contribution in [1.29, 1.82) is 0 Å². The van der Waals surface area contributed by atoms with Crippen LogP contribution in [0, 0.1) is 0 Å². The third-order valence-corrected chi connectivity index (χ3v) is 4.22. The van der Waals surface area contributed by atoms with Crippen molar-refractivity contribution in [2.24, 2.45) is 0 Å². The highest BCUT2D eigenvalue weighted by Gasteiger charge is 2.14. The third kappa shape index (κ3) is 4.32. The van der Waals surface area contributed by atoms with Crippen LogP contribution >= 0.6 is 35.3 Å². The Labute approximate surface area is 134 Å². The molecule has 0 saturated heterocycles. The normalized spacial score (nSPS) is 12.7. The average Bonchev–Trinajstić information content (AvgIpc) is 2.83. The summed E-state index contributed by atoms with van der Waals surface area (Å²) >= 11 is 7.97. The van der Waals surface area contributed by atoms with Crippen molar-refractivity contribution >= 4 is 45.4 Å². The number of likely N-dealkylation sites (N-methyl/N-ethyl adjacent to an activating group) is 1. The van der Waals surface area contributed by atoms with E-state index in [4.69, 9.17) is 16.3 Å². The standard InChI is InChI=1S/C14H18ClNO2S.ClH/c1-16(2)6-7-18-9-12(17)10-3-4-13-11(14(10)15)5-8-19-13;/h3-5,8,12,17H,6-7,9H2,1-2H3;1H. The maximum Gasteiger partial charge on any atom is 0.104 e. The number of ether oxygens (including phenoxy) is 1. The Bertz CT molecular complexity index is 545. The van der Waals surface area contributed by atoms with E-state index in [0.29, 0.717) is 11.6 Å². The summed E-state index contributed by atoms with van der Waals surface area (Å²) in [6.45, 7) is 1.70. The van der Waals surface area contributed by atoms with Crippen molar-refractivity contribution < 1.29 is 9.84 Å². The fourth-order valence-electron chi connectivity index (χ4n) is 1.81. The summed E-state index contributed by atoms with van der Waals surface area (Å²) < 4.78 is 6.60. The molecule has 1 aromatic carbocycles. The van der Waals surface area contributed by atoms with Gasteiger partial charge in [-0.05, 0) is 31.6 Å². The van der Waals surface area contributed by atoms with E-state index in [9.17, 15) is 5.11 Å². The number of hydrogen-bond acceptors (Lipinski definition) is 4. The fourth-order valence-corrected chi connectivity index (χ4v) is 3.02. The van der Waals surface area contributed by atoms with E-state index in [1.807, 2.05) is 42.6 Å². The summed E-state index contributed by atoms with van der Waals surface area (Å²) in [5.74, 6) is 0. The van der Waals surface area contributed by atoms with Gasteiger partial charge in [0.2, 0.25) is 0 Å². The first kappa shape index (κ1) is 17.7. The SMILES string of the molecule is CN(C)CCOCC(O)c1ccc2sccc2c1Cl.Cl. The summed E-state index contributed by atoms with van der Waals surface area (Å²) in [6, 6.07) is 5.84. The number of halogens is 2. The zero-order valence-electron chi connectivity index (χ0n) is 11.5. The highest BCUT2D eigenvalue weighted by molar-refractivity contribution is 7.17. The Morgan fingerprint density at radius 2 is 2.10 bits per heavy atom. The molecule has 0 spiro atoms. The first-order chi connectivity index (χ1) is 9.09. The van der Waals surface area contributed by atoms with E-state index in [-0.39, 0.29) is 19.0 Å². The highest BCUT2D eigenvalue weighted by atomic mass is 35.5. The molecular weight excluding hydrogens is 317 g/mol. The molecule has 2 rings (SSSR count). The van der Waals surface area contributed by atoms with Gasteiger partial charge in [-0.2, -0.15) is 0 Å². The molecule has 0 aliphatic heterocycles. The van der Waals surface area contributed by atoms with Crippen LogP contribution in [0.4, 0.5) is 0 Å². The average molecular weight is 336 g/mol. The Morgan fingerprint density at radius 1 is 1.35 bits per heavy atom. The Kier molecular flexibility index (Phi) is 7.23. The van der Waals surface area contributed by atoms with E-state index in [1.54, 1.807) is 11.3 Å². The molecule has 0 amide bonds. The lowest BCUT2D eigenvalue weighted by atomic mass is 10.1. The number of benzene rings is 1. The lowest BCUT2D eigenvalue weighted by Crippen LogP contribution is -2.19. The van der Waals surface area contributed by atoms with Crippen molar-refractivity contribution in [1.82, 2.24) is 4.90 Å². The quantitative estimate of drug-likeness (QED) is 0.819. The molecule has 20 heavy (non-hydrogen) atoms. The van der Waals surface area contributed by atoms with Gasteiger partial charge in [-0.15, -0.1) is 23.7 Å². The van der Waals surface area contributed by atoms with Crippen LogP contribution in [0.2, 0.25) is 5.02 Å². The molecular formula is C14H19Cl2NO2S. The minimum atomic E-state index is -0.682. The van der Waals surface area contributed by atoms with Gasteiger partial charge in [0.25, 0.3) is 0 Å². The van der Waals surface area contributed by atoms with Crippen LogP contribution in [-0.4, -0.2) is 43.9 Å². The van der Waals surface area contributed by atoms with E-state index in [0.717, 1.165) is 22.2 Å². The predicted octanol–water partition coefficient (Wildman–Crippen LogP) is 3.59. The highest BCUT2D eigenvalue weighted by Crippen LogP contribution is 2.33. The third-order valence-electron chi connectivity index (χ3n) is 2.92. The Morgan fingerprint density at radius 3 is 2.80 bits per heavy atom. The second-order valence-electron chi connectivity index (χ2n) is 4.70. The van der Waals surface area contributed by atoms with Crippen molar-refractivity contribution in [2.45, 2.75) is 6.10 Å². The molecule has 1 N–H and O–H groups in total. The fraction of sp³-hybridized carbons (Fsp3) is 0.429. The number of aliphatic hydroxyl groups is 1. The van der Waals surface area contributed by atoms with Gasteiger partial charge in [0, 0.05) is 22.2 Å². The molecule has 3 nitrogen and oxygen atoms in total. The first-order valence-electron chi connectivity index (χ1n) is 6.15. The van der Waals surface area contributed by atoms with Gasteiger partial charge in [0.15, 0.2) is 0 Å². The monoisotopic (exact) mass is 335 g/mol. The van der Waals surface area contributed by atoms with E-state index in [2.05, 4.69) is 0 Å². The molecule has 0 aliphatic rings. The number of rotatable bonds is 6. The summed E-state index contributed by atoms with van der Waals surface area (Å²) in [5, 5.41) is 13.8. The van der Waals surface area contributed by atoms with Crippen LogP contribution < -0.4 is 0 Å². The van der Waals surface area contributed by atoms with E-state index >= 15 is 0 Å². The molecule has 1 atom stereocenters. The number of fused-ring (bicyclic) bond motifs is 1. The van der Waals surface area contributed by atoms with Gasteiger partial charge in [-0.3, -0.25) is 0 Å². The lowest BCUT2D eigenvalue weighted by molar-refractivity contribution is 0.0307. The summed E-state index contributed by atoms with van der Waals surface area (Å²) in [5.41, 5.74) is 0.734. The number of thiophene rings is 1. The molecule has 0 fully saturated rings. The maximum absolute atomic E-state index is 10.1. The van der Waals surface area contributed by atoms with Crippen LogP contribution in [-0.2, 0) is 4.74 Å². The van der Waals surface area contributed by atoms with Crippen LogP contribution in [0.1, 0.15) is 11.7 Å². The molecule has 2 aromatic rings. The molecule has 0 saturated carbocycles. The number of hydrogen-bond donors (Lipinski definition) is 1. The van der Waals surface area contributed by atoms with Crippen molar-refractivity contribution in [3.05, 3.63) is 34.2 Å².